The number of thiol groups is 1. The molecule has 2 N–H and O–H groups in total. The fourth-order valence-corrected chi connectivity index (χ4v) is 1.69. The van der Waals surface area contributed by atoms with Gasteiger partial charge in [-0.25, -0.2) is 0 Å². The quantitative estimate of drug-likeness (QED) is 0.173. The number of carbonyl (C=O) groups excluding carboxylic acids is 1. The average molecular weight is 266 g/mol. The van der Waals surface area contributed by atoms with Crippen LogP contribution in [0.1, 0.15) is 6.42 Å². The monoisotopic (exact) mass is 266 g/mol. The van der Waals surface area contributed by atoms with Crippen molar-refractivity contribution in [1.29, 1.82) is 0 Å². The Balaban J connectivity index is 3.17. The first kappa shape index (κ1) is 15.6. The Hall–Kier alpha value is -0.400. The number of aliphatic imine (C=N–C) groups is 1. The van der Waals surface area contributed by atoms with E-state index in [4.69, 9.17) is 5.11 Å². The lowest BCUT2D eigenvalue weighted by molar-refractivity contribution is -0.120. The summed E-state index contributed by atoms with van der Waals surface area (Å²) in [6, 6.07) is 0. The minimum Gasteiger partial charge on any atom is -0.458 e. The van der Waals surface area contributed by atoms with Crippen molar-refractivity contribution in [2.45, 2.75) is 6.42 Å². The first-order chi connectivity index (χ1) is 7.81. The molecule has 0 spiro atoms. The fraction of sp³-hybridized carbons (Fsp3) is 0.778. The summed E-state index contributed by atoms with van der Waals surface area (Å²) in [5, 5.41) is 11.0. The molecule has 94 valence electrons. The molecule has 0 bridgehead atoms. The largest absolute Gasteiger partial charge is 0.458 e. The molecular weight excluding hydrogens is 248 g/mol. The second-order valence-corrected chi connectivity index (χ2v) is 4.42. The molecule has 0 rings (SSSR count). The highest BCUT2D eigenvalue weighted by Crippen LogP contribution is 2.01. The van der Waals surface area contributed by atoms with Gasteiger partial charge in [0.15, 0.2) is 13.2 Å². The molecule has 0 aromatic rings. The zero-order chi connectivity index (χ0) is 12.1. The first-order valence-corrected chi connectivity index (χ1v) is 6.76. The van der Waals surface area contributed by atoms with Gasteiger partial charge in [-0.15, -0.1) is 0 Å². The van der Waals surface area contributed by atoms with Crippen LogP contribution >= 0.6 is 24.4 Å². The van der Waals surface area contributed by atoms with E-state index in [1.54, 1.807) is 11.8 Å². The molecule has 0 aliphatic carbocycles. The Kier molecular flexibility index (Phi) is 12.4. The molecule has 0 radical (unpaired) electrons. The minimum absolute atomic E-state index is 0.0636. The number of nitrogens with one attached hydrogen (secondary N) is 1. The number of hydrogen-bond acceptors (Lipinski definition) is 6. The van der Waals surface area contributed by atoms with E-state index in [0.717, 1.165) is 11.5 Å². The van der Waals surface area contributed by atoms with Gasteiger partial charge in [-0.3, -0.25) is 9.79 Å². The van der Waals surface area contributed by atoms with Gasteiger partial charge in [0.1, 0.15) is 0 Å². The van der Waals surface area contributed by atoms with Crippen molar-refractivity contribution in [2.75, 3.05) is 37.1 Å². The summed E-state index contributed by atoms with van der Waals surface area (Å²) in [7, 11) is 0. The summed E-state index contributed by atoms with van der Waals surface area (Å²) in [6.07, 6.45) is 1.76. The molecule has 0 saturated heterocycles. The summed E-state index contributed by atoms with van der Waals surface area (Å²) in [5.74, 6) is 2.35. The predicted molar refractivity (Wildman–Crippen MR) is 70.3 cm³/mol. The molecule has 0 aromatic carbocycles. The van der Waals surface area contributed by atoms with Crippen LogP contribution in [0.5, 0.6) is 0 Å². The third-order valence-electron chi connectivity index (χ3n) is 1.50. The Morgan fingerprint density at radius 3 is 3.06 bits per heavy atom. The number of carbonyl (C=O) groups is 1. The highest BCUT2D eigenvalue weighted by atomic mass is 32.2. The van der Waals surface area contributed by atoms with Gasteiger partial charge in [-0.05, 0) is 0 Å². The lowest BCUT2D eigenvalue weighted by Crippen LogP contribution is -2.25. The average Bonchev–Trinajstić information content (AvgIpc) is 2.30. The maximum Gasteiger partial charge on any atom is 0.220 e. The summed E-state index contributed by atoms with van der Waals surface area (Å²) in [4.78, 5) is 15.0. The lowest BCUT2D eigenvalue weighted by Gasteiger charge is -2.02. The molecule has 0 atom stereocenters. The van der Waals surface area contributed by atoms with E-state index in [2.05, 4.69) is 27.7 Å². The Morgan fingerprint density at radius 2 is 2.38 bits per heavy atom. The standard InChI is InChI=1S/C9H18N2O3S2/c12-8-14-7-10-3-6-16-5-1-9(13)11-2-4-15/h7,12,15H,1-6,8H2,(H,11,13). The third-order valence-corrected chi connectivity index (χ3v) is 2.68. The molecule has 0 unspecified atom stereocenters. The number of nitrogens with zero attached hydrogens (tertiary/aromatic N) is 1. The minimum atomic E-state index is -0.345. The summed E-state index contributed by atoms with van der Waals surface area (Å²) in [5.41, 5.74) is 0. The van der Waals surface area contributed by atoms with Crippen molar-refractivity contribution in [3.8, 4) is 0 Å². The topological polar surface area (TPSA) is 70.9 Å². The van der Waals surface area contributed by atoms with Gasteiger partial charge in [-0.2, -0.15) is 24.4 Å². The van der Waals surface area contributed by atoms with Crippen molar-refractivity contribution >= 4 is 36.7 Å². The van der Waals surface area contributed by atoms with E-state index in [0.29, 0.717) is 25.3 Å². The zero-order valence-electron chi connectivity index (χ0n) is 9.09. The maximum atomic E-state index is 11.1. The van der Waals surface area contributed by atoms with Crippen LogP contribution in [0.25, 0.3) is 0 Å². The Morgan fingerprint density at radius 1 is 1.56 bits per heavy atom. The smallest absolute Gasteiger partial charge is 0.220 e. The van der Waals surface area contributed by atoms with Crippen molar-refractivity contribution < 1.29 is 14.6 Å². The van der Waals surface area contributed by atoms with Crippen LogP contribution in [0.15, 0.2) is 4.99 Å². The van der Waals surface area contributed by atoms with E-state index < -0.39 is 0 Å². The van der Waals surface area contributed by atoms with Crippen LogP contribution < -0.4 is 5.32 Å². The van der Waals surface area contributed by atoms with Crippen molar-refractivity contribution in [1.82, 2.24) is 5.32 Å². The molecule has 16 heavy (non-hydrogen) atoms. The second-order valence-electron chi connectivity index (χ2n) is 2.74. The number of amides is 1. The van der Waals surface area contributed by atoms with E-state index in [-0.39, 0.29) is 12.7 Å². The van der Waals surface area contributed by atoms with Gasteiger partial charge in [0.05, 0.1) is 6.54 Å². The summed E-state index contributed by atoms with van der Waals surface area (Å²) in [6.45, 7) is 0.903. The fourth-order valence-electron chi connectivity index (χ4n) is 0.807. The van der Waals surface area contributed by atoms with Crippen LogP contribution in [0.2, 0.25) is 0 Å². The number of hydrogen-bond donors (Lipinski definition) is 3. The molecule has 0 fully saturated rings. The molecule has 5 nitrogen and oxygen atoms in total. The molecule has 0 heterocycles. The van der Waals surface area contributed by atoms with Crippen molar-refractivity contribution in [2.24, 2.45) is 4.99 Å². The lowest BCUT2D eigenvalue weighted by atomic mass is 10.4. The van der Waals surface area contributed by atoms with Gasteiger partial charge in [0, 0.05) is 30.2 Å². The Bertz CT molecular complexity index is 203. The van der Waals surface area contributed by atoms with Crippen molar-refractivity contribution in [3.63, 3.8) is 0 Å². The van der Waals surface area contributed by atoms with Gasteiger partial charge in [0.2, 0.25) is 5.91 Å². The van der Waals surface area contributed by atoms with E-state index in [1.165, 1.54) is 6.40 Å². The highest BCUT2D eigenvalue weighted by Gasteiger charge is 1.98. The molecule has 1 amide bonds. The molecule has 0 saturated carbocycles. The number of thioether (sulfide) groups is 1. The normalized spacial score (nSPS) is 10.6. The summed E-state index contributed by atoms with van der Waals surface area (Å²) >= 11 is 5.66. The SMILES string of the molecule is O=C(CCSCCN=COCO)NCCS. The van der Waals surface area contributed by atoms with Crippen LogP contribution in [-0.4, -0.2) is 54.6 Å². The van der Waals surface area contributed by atoms with Crippen LogP contribution in [0.3, 0.4) is 0 Å². The maximum absolute atomic E-state index is 11.1. The van der Waals surface area contributed by atoms with Crippen LogP contribution in [-0.2, 0) is 9.53 Å². The first-order valence-electron chi connectivity index (χ1n) is 4.97. The molecule has 7 heteroatoms. The van der Waals surface area contributed by atoms with Gasteiger partial charge in [-0.1, -0.05) is 0 Å². The van der Waals surface area contributed by atoms with Crippen molar-refractivity contribution in [3.05, 3.63) is 0 Å². The summed E-state index contributed by atoms with van der Waals surface area (Å²) < 4.78 is 4.51. The Labute approximate surface area is 105 Å². The molecule has 0 aliphatic heterocycles. The van der Waals surface area contributed by atoms with Gasteiger partial charge < -0.3 is 15.2 Å². The number of ether oxygens (including phenoxy) is 1. The van der Waals surface area contributed by atoms with E-state index >= 15 is 0 Å². The number of rotatable bonds is 10. The van der Waals surface area contributed by atoms with Gasteiger partial charge >= 0.3 is 0 Å². The van der Waals surface area contributed by atoms with Crippen LogP contribution in [0.4, 0.5) is 0 Å². The molecule has 0 aromatic heterocycles. The number of aliphatic hydroxyl groups is 1. The molecule has 0 aliphatic rings. The number of aliphatic hydroxyl groups excluding tert-OH is 1. The predicted octanol–water partition coefficient (Wildman–Crippen LogP) is 0.150. The molecular formula is C9H18N2O3S2. The van der Waals surface area contributed by atoms with Crippen LogP contribution in [0, 0.1) is 0 Å². The second kappa shape index (κ2) is 12.7. The van der Waals surface area contributed by atoms with E-state index in [1.807, 2.05) is 0 Å². The van der Waals surface area contributed by atoms with Gasteiger partial charge in [0.25, 0.3) is 0 Å². The highest BCUT2D eigenvalue weighted by molar-refractivity contribution is 7.99. The zero-order valence-corrected chi connectivity index (χ0v) is 10.8. The van der Waals surface area contributed by atoms with E-state index in [9.17, 15) is 4.79 Å². The third kappa shape index (κ3) is 11.7.